The molecule has 1 aliphatic heterocycles. The lowest BCUT2D eigenvalue weighted by molar-refractivity contribution is -0.132. The quantitative estimate of drug-likeness (QED) is 0.778. The number of likely N-dealkylation sites (tertiary alicyclic amines) is 1. The Morgan fingerprint density at radius 2 is 2.00 bits per heavy atom. The molecule has 1 fully saturated rings. The third kappa shape index (κ3) is 4.64. The van der Waals surface area contributed by atoms with Crippen LogP contribution < -0.4 is 5.32 Å². The highest BCUT2D eigenvalue weighted by Gasteiger charge is 2.24. The second-order valence-electron chi connectivity index (χ2n) is 5.21. The third-order valence-electron chi connectivity index (χ3n) is 3.61. The first kappa shape index (κ1) is 14.5. The zero-order chi connectivity index (χ0) is 12.8. The van der Waals surface area contributed by atoms with E-state index in [2.05, 4.69) is 31.0 Å². The van der Waals surface area contributed by atoms with E-state index in [0.29, 0.717) is 18.6 Å². The zero-order valence-electron chi connectivity index (χ0n) is 11.7. The van der Waals surface area contributed by atoms with Crippen LogP contribution in [0, 0.1) is 0 Å². The predicted octanol–water partition coefficient (Wildman–Crippen LogP) is 0.927. The maximum Gasteiger partial charge on any atom is 0.236 e. The average molecular weight is 241 g/mol. The van der Waals surface area contributed by atoms with E-state index in [9.17, 15) is 4.79 Å². The van der Waals surface area contributed by atoms with E-state index in [1.807, 2.05) is 11.9 Å². The van der Waals surface area contributed by atoms with E-state index in [-0.39, 0.29) is 5.91 Å². The van der Waals surface area contributed by atoms with Gasteiger partial charge in [0, 0.05) is 32.2 Å². The summed E-state index contributed by atoms with van der Waals surface area (Å²) < 4.78 is 0. The summed E-state index contributed by atoms with van der Waals surface area (Å²) in [5.41, 5.74) is 0. The van der Waals surface area contributed by atoms with Crippen LogP contribution in [0.4, 0.5) is 0 Å². The van der Waals surface area contributed by atoms with Crippen molar-refractivity contribution in [1.29, 1.82) is 0 Å². The number of carbonyl (C=O) groups is 1. The fourth-order valence-electron chi connectivity index (χ4n) is 2.24. The lowest BCUT2D eigenvalue weighted by Crippen LogP contribution is -2.48. The second kappa shape index (κ2) is 6.97. The van der Waals surface area contributed by atoms with Crippen molar-refractivity contribution in [3.05, 3.63) is 0 Å². The van der Waals surface area contributed by atoms with E-state index in [1.165, 1.54) is 0 Å². The van der Waals surface area contributed by atoms with Gasteiger partial charge in [-0.25, -0.2) is 0 Å². The van der Waals surface area contributed by atoms with E-state index in [4.69, 9.17) is 0 Å². The van der Waals surface area contributed by atoms with Crippen molar-refractivity contribution in [2.45, 2.75) is 45.7 Å². The predicted molar refractivity (Wildman–Crippen MR) is 71.0 cm³/mol. The maximum absolute atomic E-state index is 11.9. The molecule has 4 heteroatoms. The number of hydrogen-bond donors (Lipinski definition) is 1. The number of likely N-dealkylation sites (N-methyl/N-ethyl adjacent to an activating group) is 1. The van der Waals surface area contributed by atoms with Crippen molar-refractivity contribution in [2.75, 3.05) is 33.2 Å². The minimum absolute atomic E-state index is 0.216. The molecule has 1 saturated heterocycles. The van der Waals surface area contributed by atoms with Crippen LogP contribution in [0.1, 0.15) is 33.6 Å². The van der Waals surface area contributed by atoms with Crippen molar-refractivity contribution in [1.82, 2.24) is 15.1 Å². The molecular formula is C13H27N3O. The normalized spacial score (nSPS) is 18.6. The van der Waals surface area contributed by atoms with Crippen LogP contribution in [-0.2, 0) is 4.79 Å². The Labute approximate surface area is 105 Å². The molecule has 0 aromatic carbocycles. The van der Waals surface area contributed by atoms with Gasteiger partial charge in [-0.2, -0.15) is 0 Å². The van der Waals surface area contributed by atoms with Crippen LogP contribution in [0.3, 0.4) is 0 Å². The van der Waals surface area contributed by atoms with E-state index in [0.717, 1.165) is 32.5 Å². The van der Waals surface area contributed by atoms with Crippen molar-refractivity contribution < 1.29 is 4.79 Å². The van der Waals surface area contributed by atoms with Crippen LogP contribution in [-0.4, -0.2) is 61.0 Å². The van der Waals surface area contributed by atoms with Crippen LogP contribution in [0.2, 0.25) is 0 Å². The van der Waals surface area contributed by atoms with Gasteiger partial charge in [0.2, 0.25) is 5.91 Å². The number of nitrogens with one attached hydrogen (secondary N) is 1. The molecule has 1 N–H and O–H groups in total. The summed E-state index contributed by atoms with van der Waals surface area (Å²) >= 11 is 0. The zero-order valence-corrected chi connectivity index (χ0v) is 11.7. The van der Waals surface area contributed by atoms with Gasteiger partial charge in [-0.1, -0.05) is 20.8 Å². The monoisotopic (exact) mass is 241 g/mol. The van der Waals surface area contributed by atoms with Crippen LogP contribution in [0.25, 0.3) is 0 Å². The summed E-state index contributed by atoms with van der Waals surface area (Å²) in [4.78, 5) is 16.3. The summed E-state index contributed by atoms with van der Waals surface area (Å²) in [5.74, 6) is 0.216. The number of carbonyl (C=O) groups excluding carboxylic acids is 1. The maximum atomic E-state index is 11.9. The highest BCUT2D eigenvalue weighted by molar-refractivity contribution is 5.78. The summed E-state index contributed by atoms with van der Waals surface area (Å²) in [7, 11) is 1.94. The molecule has 0 unspecified atom stereocenters. The number of piperidine rings is 1. The molecule has 1 heterocycles. The minimum atomic E-state index is 0.216. The lowest BCUT2D eigenvalue weighted by Gasteiger charge is -2.36. The molecule has 100 valence electrons. The van der Waals surface area contributed by atoms with Crippen molar-refractivity contribution in [2.24, 2.45) is 0 Å². The van der Waals surface area contributed by atoms with Crippen molar-refractivity contribution in [3.8, 4) is 0 Å². The molecule has 0 atom stereocenters. The van der Waals surface area contributed by atoms with Crippen molar-refractivity contribution >= 4 is 5.91 Å². The molecule has 0 spiro atoms. The molecule has 0 aliphatic carbocycles. The Morgan fingerprint density at radius 1 is 1.41 bits per heavy atom. The Balaban J connectivity index is 2.32. The summed E-state index contributed by atoms with van der Waals surface area (Å²) in [6, 6.07) is 0.800. The first-order chi connectivity index (χ1) is 8.04. The Hall–Kier alpha value is -0.610. The molecule has 1 aliphatic rings. The van der Waals surface area contributed by atoms with Gasteiger partial charge in [0.1, 0.15) is 0 Å². The topological polar surface area (TPSA) is 35.6 Å². The number of nitrogens with zero attached hydrogens (tertiary/aromatic N) is 2. The van der Waals surface area contributed by atoms with Crippen LogP contribution in [0.5, 0.6) is 0 Å². The first-order valence-electron chi connectivity index (χ1n) is 6.76. The molecule has 0 aromatic rings. The summed E-state index contributed by atoms with van der Waals surface area (Å²) in [6.07, 6.45) is 2.22. The Bertz CT molecular complexity index is 235. The SMILES string of the molecule is CCN1CCC(N(C)C(=O)CNC(C)C)CC1. The van der Waals surface area contributed by atoms with Gasteiger partial charge in [0.25, 0.3) is 0 Å². The van der Waals surface area contributed by atoms with Gasteiger partial charge < -0.3 is 15.1 Å². The lowest BCUT2D eigenvalue weighted by atomic mass is 10.0. The van der Waals surface area contributed by atoms with Gasteiger partial charge >= 0.3 is 0 Å². The number of rotatable bonds is 5. The van der Waals surface area contributed by atoms with E-state index < -0.39 is 0 Å². The van der Waals surface area contributed by atoms with Crippen LogP contribution in [0.15, 0.2) is 0 Å². The molecule has 0 saturated carbocycles. The molecule has 0 aromatic heterocycles. The molecule has 1 amide bonds. The van der Waals surface area contributed by atoms with Gasteiger partial charge in [-0.15, -0.1) is 0 Å². The molecular weight excluding hydrogens is 214 g/mol. The smallest absolute Gasteiger partial charge is 0.236 e. The number of amides is 1. The largest absolute Gasteiger partial charge is 0.342 e. The fraction of sp³-hybridized carbons (Fsp3) is 0.923. The molecule has 0 radical (unpaired) electrons. The molecule has 17 heavy (non-hydrogen) atoms. The summed E-state index contributed by atoms with van der Waals surface area (Å²) in [6.45, 7) is 10.1. The van der Waals surface area contributed by atoms with Crippen LogP contribution >= 0.6 is 0 Å². The number of hydrogen-bond acceptors (Lipinski definition) is 3. The van der Waals surface area contributed by atoms with E-state index >= 15 is 0 Å². The molecule has 1 rings (SSSR count). The third-order valence-corrected chi connectivity index (χ3v) is 3.61. The minimum Gasteiger partial charge on any atom is -0.342 e. The van der Waals surface area contributed by atoms with Crippen molar-refractivity contribution in [3.63, 3.8) is 0 Å². The molecule has 4 nitrogen and oxygen atoms in total. The first-order valence-corrected chi connectivity index (χ1v) is 6.76. The highest BCUT2D eigenvalue weighted by Crippen LogP contribution is 2.14. The highest BCUT2D eigenvalue weighted by atomic mass is 16.2. The molecule has 0 bridgehead atoms. The Morgan fingerprint density at radius 3 is 2.47 bits per heavy atom. The second-order valence-corrected chi connectivity index (χ2v) is 5.21. The summed E-state index contributed by atoms with van der Waals surface area (Å²) in [5, 5.41) is 3.18. The average Bonchev–Trinajstić information content (AvgIpc) is 2.35. The Kier molecular flexibility index (Phi) is 5.92. The van der Waals surface area contributed by atoms with Gasteiger partial charge in [-0.3, -0.25) is 4.79 Å². The van der Waals surface area contributed by atoms with E-state index in [1.54, 1.807) is 0 Å². The van der Waals surface area contributed by atoms with Gasteiger partial charge in [0.05, 0.1) is 6.54 Å². The standard InChI is InChI=1S/C13H27N3O/c1-5-16-8-6-12(7-9-16)15(4)13(17)10-14-11(2)3/h11-12,14H,5-10H2,1-4H3. The van der Waals surface area contributed by atoms with Gasteiger partial charge in [-0.05, 0) is 19.4 Å². The van der Waals surface area contributed by atoms with Gasteiger partial charge in [0.15, 0.2) is 0 Å². The fourth-order valence-corrected chi connectivity index (χ4v) is 2.24.